The van der Waals surface area contributed by atoms with Crippen LogP contribution in [0.3, 0.4) is 0 Å². The van der Waals surface area contributed by atoms with Gasteiger partial charge in [0.05, 0.1) is 6.10 Å². The summed E-state index contributed by atoms with van der Waals surface area (Å²) in [6.07, 6.45) is -0.651. The molecule has 2 amide bonds. The lowest BCUT2D eigenvalue weighted by Gasteiger charge is -2.24. The molecule has 0 heterocycles. The van der Waals surface area contributed by atoms with Crippen molar-refractivity contribution < 1.29 is 14.3 Å². The fourth-order valence-electron chi connectivity index (χ4n) is 2.11. The highest BCUT2D eigenvalue weighted by molar-refractivity contribution is 5.89. The number of amides is 2. The maximum atomic E-state index is 13.2. The first-order chi connectivity index (χ1) is 10.5. The van der Waals surface area contributed by atoms with Crippen molar-refractivity contribution in [2.45, 2.75) is 19.6 Å². The van der Waals surface area contributed by atoms with Crippen LogP contribution in [0.25, 0.3) is 0 Å². The van der Waals surface area contributed by atoms with Gasteiger partial charge >= 0.3 is 6.03 Å². The Labute approximate surface area is 129 Å². The van der Waals surface area contributed by atoms with Crippen molar-refractivity contribution in [2.75, 3.05) is 11.9 Å². The molecule has 2 rings (SSSR count). The molecule has 2 N–H and O–H groups in total. The standard InChI is InChI=1S/C17H19FN2O2/c1-13(21)11-20(12-14-6-3-2-4-7-14)17(22)19-16-9-5-8-15(18)10-16/h2-10,13,21H,11-12H2,1H3,(H,19,22)/t13-/m0/s1. The number of benzene rings is 2. The number of halogens is 1. The van der Waals surface area contributed by atoms with Crippen LogP contribution in [0.5, 0.6) is 0 Å². The summed E-state index contributed by atoms with van der Waals surface area (Å²) in [7, 11) is 0. The molecule has 1 atom stereocenters. The minimum absolute atomic E-state index is 0.191. The van der Waals surface area contributed by atoms with Crippen LogP contribution in [0, 0.1) is 5.82 Å². The molecule has 0 aromatic heterocycles. The molecule has 0 radical (unpaired) electrons. The van der Waals surface area contributed by atoms with Crippen LogP contribution in [-0.4, -0.2) is 28.7 Å². The van der Waals surface area contributed by atoms with E-state index in [2.05, 4.69) is 5.32 Å². The van der Waals surface area contributed by atoms with E-state index in [-0.39, 0.29) is 12.6 Å². The second kappa shape index (κ2) is 7.56. The fraction of sp³-hybridized carbons (Fsp3) is 0.235. The fourth-order valence-corrected chi connectivity index (χ4v) is 2.11. The van der Waals surface area contributed by atoms with Crippen molar-refractivity contribution in [3.05, 3.63) is 66.0 Å². The Bertz CT molecular complexity index is 617. The first kappa shape index (κ1) is 16.0. The first-order valence-corrected chi connectivity index (χ1v) is 7.08. The average molecular weight is 302 g/mol. The summed E-state index contributed by atoms with van der Waals surface area (Å²) in [6, 6.07) is 14.8. The van der Waals surface area contributed by atoms with E-state index in [9.17, 15) is 14.3 Å². The molecular weight excluding hydrogens is 283 g/mol. The van der Waals surface area contributed by atoms with Crippen LogP contribution in [0.1, 0.15) is 12.5 Å². The van der Waals surface area contributed by atoms with Gasteiger partial charge in [-0.25, -0.2) is 9.18 Å². The van der Waals surface area contributed by atoms with Gasteiger partial charge in [-0.2, -0.15) is 0 Å². The number of hydrogen-bond donors (Lipinski definition) is 2. The Kier molecular flexibility index (Phi) is 5.49. The van der Waals surface area contributed by atoms with Gasteiger partial charge in [0, 0.05) is 18.8 Å². The van der Waals surface area contributed by atoms with Crippen molar-refractivity contribution in [2.24, 2.45) is 0 Å². The Balaban J connectivity index is 2.09. The van der Waals surface area contributed by atoms with E-state index in [4.69, 9.17) is 0 Å². The number of carbonyl (C=O) groups is 1. The van der Waals surface area contributed by atoms with Gasteiger partial charge in [-0.1, -0.05) is 36.4 Å². The molecule has 5 heteroatoms. The van der Waals surface area contributed by atoms with Crippen LogP contribution in [0.2, 0.25) is 0 Å². The molecule has 0 saturated carbocycles. The SMILES string of the molecule is C[C@H](O)CN(Cc1ccccc1)C(=O)Nc1cccc(F)c1. The third-order valence-electron chi connectivity index (χ3n) is 3.06. The summed E-state index contributed by atoms with van der Waals surface area (Å²) in [5.74, 6) is -0.414. The van der Waals surface area contributed by atoms with Crippen LogP contribution in [0.15, 0.2) is 54.6 Å². The van der Waals surface area contributed by atoms with E-state index < -0.39 is 11.9 Å². The molecule has 0 fully saturated rings. The molecule has 0 bridgehead atoms. The van der Waals surface area contributed by atoms with E-state index >= 15 is 0 Å². The summed E-state index contributed by atoms with van der Waals surface area (Å²) in [5.41, 5.74) is 1.34. The van der Waals surface area contributed by atoms with E-state index in [1.165, 1.54) is 23.1 Å². The average Bonchev–Trinajstić information content (AvgIpc) is 2.47. The molecule has 2 aromatic rings. The van der Waals surface area contributed by atoms with Crippen LogP contribution in [0.4, 0.5) is 14.9 Å². The van der Waals surface area contributed by atoms with E-state index in [1.807, 2.05) is 30.3 Å². The van der Waals surface area contributed by atoms with Gasteiger partial charge in [0.15, 0.2) is 0 Å². The quantitative estimate of drug-likeness (QED) is 0.891. The predicted octanol–water partition coefficient (Wildman–Crippen LogP) is 3.24. The third-order valence-corrected chi connectivity index (χ3v) is 3.06. The number of hydrogen-bond acceptors (Lipinski definition) is 2. The minimum Gasteiger partial charge on any atom is -0.392 e. The third kappa shape index (κ3) is 4.86. The Morgan fingerprint density at radius 1 is 1.23 bits per heavy atom. The highest BCUT2D eigenvalue weighted by atomic mass is 19.1. The van der Waals surface area contributed by atoms with Crippen LogP contribution < -0.4 is 5.32 Å². The monoisotopic (exact) mass is 302 g/mol. The normalized spacial score (nSPS) is 11.8. The largest absolute Gasteiger partial charge is 0.392 e. The summed E-state index contributed by atoms with van der Waals surface area (Å²) in [4.78, 5) is 13.8. The topological polar surface area (TPSA) is 52.6 Å². The zero-order valence-electron chi connectivity index (χ0n) is 12.4. The molecular formula is C17H19FN2O2. The van der Waals surface area contributed by atoms with Gasteiger partial charge in [-0.05, 0) is 30.7 Å². The van der Waals surface area contributed by atoms with E-state index in [0.29, 0.717) is 12.2 Å². The lowest BCUT2D eigenvalue weighted by atomic mass is 10.2. The van der Waals surface area contributed by atoms with Crippen molar-refractivity contribution >= 4 is 11.7 Å². The Morgan fingerprint density at radius 2 is 1.95 bits per heavy atom. The molecule has 0 aliphatic carbocycles. The zero-order chi connectivity index (χ0) is 15.9. The number of urea groups is 1. The van der Waals surface area contributed by atoms with E-state index in [1.54, 1.807) is 13.0 Å². The molecule has 0 spiro atoms. The van der Waals surface area contributed by atoms with E-state index in [0.717, 1.165) is 5.56 Å². The molecule has 0 saturated heterocycles. The van der Waals surface area contributed by atoms with Crippen molar-refractivity contribution in [3.63, 3.8) is 0 Å². The number of aliphatic hydroxyl groups excluding tert-OH is 1. The molecule has 2 aromatic carbocycles. The highest BCUT2D eigenvalue weighted by Gasteiger charge is 2.16. The number of carbonyl (C=O) groups excluding carboxylic acids is 1. The van der Waals surface area contributed by atoms with Gasteiger partial charge < -0.3 is 15.3 Å². The zero-order valence-corrected chi connectivity index (χ0v) is 12.4. The van der Waals surface area contributed by atoms with Gasteiger partial charge in [0.25, 0.3) is 0 Å². The lowest BCUT2D eigenvalue weighted by Crippen LogP contribution is -2.39. The predicted molar refractivity (Wildman–Crippen MR) is 84.0 cm³/mol. The molecule has 0 aliphatic rings. The van der Waals surface area contributed by atoms with Crippen molar-refractivity contribution in [1.29, 1.82) is 0 Å². The summed E-state index contributed by atoms with van der Waals surface area (Å²) in [5, 5.41) is 12.2. The highest BCUT2D eigenvalue weighted by Crippen LogP contribution is 2.12. The second-order valence-electron chi connectivity index (χ2n) is 5.16. The Morgan fingerprint density at radius 3 is 2.59 bits per heavy atom. The molecule has 0 aliphatic heterocycles. The summed E-state index contributed by atoms with van der Waals surface area (Å²) in [6.45, 7) is 2.18. The number of rotatable bonds is 5. The number of nitrogens with zero attached hydrogens (tertiary/aromatic N) is 1. The second-order valence-corrected chi connectivity index (χ2v) is 5.16. The molecule has 0 unspecified atom stereocenters. The molecule has 4 nitrogen and oxygen atoms in total. The number of nitrogens with one attached hydrogen (secondary N) is 1. The van der Waals surface area contributed by atoms with Crippen molar-refractivity contribution in [3.8, 4) is 0 Å². The number of aliphatic hydroxyl groups is 1. The minimum atomic E-state index is -0.651. The summed E-state index contributed by atoms with van der Waals surface area (Å²) < 4.78 is 13.2. The summed E-state index contributed by atoms with van der Waals surface area (Å²) >= 11 is 0. The van der Waals surface area contributed by atoms with Gasteiger partial charge in [-0.3, -0.25) is 0 Å². The maximum Gasteiger partial charge on any atom is 0.322 e. The first-order valence-electron chi connectivity index (χ1n) is 7.08. The molecule has 22 heavy (non-hydrogen) atoms. The number of anilines is 1. The maximum absolute atomic E-state index is 13.2. The van der Waals surface area contributed by atoms with Crippen LogP contribution >= 0.6 is 0 Å². The molecule has 116 valence electrons. The van der Waals surface area contributed by atoms with Crippen molar-refractivity contribution in [1.82, 2.24) is 4.90 Å². The van der Waals surface area contributed by atoms with Gasteiger partial charge in [0.1, 0.15) is 5.82 Å². The lowest BCUT2D eigenvalue weighted by molar-refractivity contribution is 0.135. The van der Waals surface area contributed by atoms with Gasteiger partial charge in [-0.15, -0.1) is 0 Å². The smallest absolute Gasteiger partial charge is 0.322 e. The van der Waals surface area contributed by atoms with Gasteiger partial charge in [0.2, 0.25) is 0 Å². The Hall–Kier alpha value is -2.40. The van der Waals surface area contributed by atoms with Crippen LogP contribution in [-0.2, 0) is 6.54 Å².